The molecule has 0 aromatic rings. The number of nitrogens with one attached hydrogen (secondary N) is 1. The van der Waals surface area contributed by atoms with Crippen molar-refractivity contribution in [1.82, 2.24) is 5.32 Å². The molecule has 1 aliphatic carbocycles. The van der Waals surface area contributed by atoms with E-state index in [-0.39, 0.29) is 17.4 Å². The lowest BCUT2D eigenvalue weighted by Gasteiger charge is -2.33. The van der Waals surface area contributed by atoms with Crippen LogP contribution < -0.4 is 5.32 Å². The second-order valence-corrected chi connectivity index (χ2v) is 4.62. The maximum absolute atomic E-state index is 11.3. The number of carbonyl (C=O) groups is 2. The smallest absolute Gasteiger partial charge is 0.409 e. The number of ether oxygens (including phenoxy) is 3. The number of alkyl carbamates (subject to hydrolysis) is 1. The molecule has 0 aromatic carbocycles. The first-order valence-corrected chi connectivity index (χ1v) is 6.23. The molecule has 0 spiro atoms. The van der Waals surface area contributed by atoms with E-state index in [1.165, 1.54) is 13.3 Å². The van der Waals surface area contributed by atoms with E-state index in [9.17, 15) is 14.7 Å². The Hall–Kier alpha value is -2.02. The van der Waals surface area contributed by atoms with Gasteiger partial charge < -0.3 is 24.6 Å². The molecule has 0 bridgehead atoms. The molecule has 1 heterocycles. The van der Waals surface area contributed by atoms with E-state index in [0.29, 0.717) is 13.0 Å². The van der Waals surface area contributed by atoms with Crippen molar-refractivity contribution in [3.63, 3.8) is 0 Å². The summed E-state index contributed by atoms with van der Waals surface area (Å²) in [5.74, 6) is -1.62. The summed E-state index contributed by atoms with van der Waals surface area (Å²) in [4.78, 5) is 22.6. The van der Waals surface area contributed by atoms with Gasteiger partial charge in [-0.2, -0.15) is 0 Å². The number of aliphatic carboxylic acids is 1. The molecule has 7 nitrogen and oxygen atoms in total. The normalized spacial score (nSPS) is 27.8. The molecule has 3 atom stereocenters. The third kappa shape index (κ3) is 2.62. The van der Waals surface area contributed by atoms with Crippen LogP contribution in [0.1, 0.15) is 6.42 Å². The van der Waals surface area contributed by atoms with Gasteiger partial charge in [-0.1, -0.05) is 6.08 Å². The highest BCUT2D eigenvalue weighted by Crippen LogP contribution is 2.43. The summed E-state index contributed by atoms with van der Waals surface area (Å²) in [5.41, 5.74) is 1.08. The van der Waals surface area contributed by atoms with Crippen LogP contribution >= 0.6 is 0 Å². The SMILES string of the molecule is CNC(=O)O[C@@H]1OC=C(C(=O)O)[C@H]2CC=C(COC)[C@H]12. The van der Waals surface area contributed by atoms with E-state index in [1.54, 1.807) is 7.11 Å². The number of methoxy groups -OCH3 is 1. The minimum absolute atomic E-state index is 0.189. The highest BCUT2D eigenvalue weighted by atomic mass is 16.7. The molecular weight excluding hydrogens is 266 g/mol. The molecule has 2 aliphatic rings. The Bertz CT molecular complexity index is 469. The zero-order valence-electron chi connectivity index (χ0n) is 11.3. The van der Waals surface area contributed by atoms with Crippen LogP contribution in [0, 0.1) is 11.8 Å². The van der Waals surface area contributed by atoms with Crippen LogP contribution in [-0.4, -0.2) is 44.2 Å². The molecule has 2 N–H and O–H groups in total. The maximum Gasteiger partial charge on any atom is 0.409 e. The predicted molar refractivity (Wildman–Crippen MR) is 67.7 cm³/mol. The molecule has 110 valence electrons. The Morgan fingerprint density at radius 1 is 1.55 bits per heavy atom. The molecule has 1 amide bonds. The molecule has 2 rings (SSSR count). The summed E-state index contributed by atoms with van der Waals surface area (Å²) >= 11 is 0. The van der Waals surface area contributed by atoms with Crippen molar-refractivity contribution in [2.24, 2.45) is 11.8 Å². The first-order chi connectivity index (χ1) is 9.58. The van der Waals surface area contributed by atoms with Gasteiger partial charge in [-0.15, -0.1) is 0 Å². The Labute approximate surface area is 116 Å². The van der Waals surface area contributed by atoms with Crippen molar-refractivity contribution in [1.29, 1.82) is 0 Å². The van der Waals surface area contributed by atoms with Gasteiger partial charge >= 0.3 is 12.1 Å². The van der Waals surface area contributed by atoms with Crippen LogP contribution in [0.2, 0.25) is 0 Å². The average molecular weight is 283 g/mol. The first-order valence-electron chi connectivity index (χ1n) is 6.23. The van der Waals surface area contributed by atoms with Crippen LogP contribution in [0.3, 0.4) is 0 Å². The summed E-state index contributed by atoms with van der Waals surface area (Å²) in [7, 11) is 3.00. The quantitative estimate of drug-likeness (QED) is 0.744. The maximum atomic E-state index is 11.3. The summed E-state index contributed by atoms with van der Waals surface area (Å²) < 4.78 is 15.5. The molecule has 0 unspecified atom stereocenters. The number of hydrogen-bond acceptors (Lipinski definition) is 5. The van der Waals surface area contributed by atoms with Gasteiger partial charge in [0, 0.05) is 20.1 Å². The van der Waals surface area contributed by atoms with E-state index in [0.717, 1.165) is 5.57 Å². The molecule has 0 saturated heterocycles. The molecule has 20 heavy (non-hydrogen) atoms. The Morgan fingerprint density at radius 2 is 2.30 bits per heavy atom. The fraction of sp³-hybridized carbons (Fsp3) is 0.538. The fourth-order valence-electron chi connectivity index (χ4n) is 2.61. The van der Waals surface area contributed by atoms with Gasteiger partial charge in [0.15, 0.2) is 0 Å². The van der Waals surface area contributed by atoms with Gasteiger partial charge in [0.25, 0.3) is 6.29 Å². The highest BCUT2D eigenvalue weighted by molar-refractivity contribution is 5.87. The second kappa shape index (κ2) is 5.96. The number of carbonyl (C=O) groups excluding carboxylic acids is 1. The molecule has 0 radical (unpaired) electrons. The van der Waals surface area contributed by atoms with Gasteiger partial charge in [-0.3, -0.25) is 0 Å². The largest absolute Gasteiger partial charge is 0.478 e. The fourth-order valence-corrected chi connectivity index (χ4v) is 2.61. The standard InChI is InChI=1S/C13H17NO6/c1-14-13(17)20-12-10-7(5-18-2)3-4-8(10)9(6-19-12)11(15)16/h3,6,8,10,12H,4-5H2,1-2H3,(H,14,17)(H,15,16)/t8-,10+,12+/m1/s1. The zero-order chi connectivity index (χ0) is 14.7. The van der Waals surface area contributed by atoms with Crippen LogP contribution in [0.5, 0.6) is 0 Å². The topological polar surface area (TPSA) is 94.1 Å². The first kappa shape index (κ1) is 14.4. The number of amides is 1. The summed E-state index contributed by atoms with van der Waals surface area (Å²) in [6.45, 7) is 0.352. The number of carboxylic acid groups (broad SMARTS) is 1. The lowest BCUT2D eigenvalue weighted by Crippen LogP contribution is -2.40. The van der Waals surface area contributed by atoms with Crippen molar-refractivity contribution >= 4 is 12.1 Å². The van der Waals surface area contributed by atoms with Crippen molar-refractivity contribution < 1.29 is 28.9 Å². The zero-order valence-corrected chi connectivity index (χ0v) is 11.3. The number of carboxylic acids is 1. The average Bonchev–Trinajstić information content (AvgIpc) is 2.83. The van der Waals surface area contributed by atoms with E-state index in [1.807, 2.05) is 6.08 Å². The lowest BCUT2D eigenvalue weighted by molar-refractivity contribution is -0.138. The van der Waals surface area contributed by atoms with E-state index in [2.05, 4.69) is 5.32 Å². The Balaban J connectivity index is 2.23. The second-order valence-electron chi connectivity index (χ2n) is 4.62. The summed E-state index contributed by atoms with van der Waals surface area (Å²) in [5, 5.41) is 11.5. The molecule has 0 aromatic heterocycles. The molecule has 0 saturated carbocycles. The van der Waals surface area contributed by atoms with Crippen molar-refractivity contribution in [3.8, 4) is 0 Å². The van der Waals surface area contributed by atoms with Crippen LogP contribution in [0.15, 0.2) is 23.5 Å². The van der Waals surface area contributed by atoms with Gasteiger partial charge in [0.2, 0.25) is 0 Å². The number of fused-ring (bicyclic) bond motifs is 1. The highest BCUT2D eigenvalue weighted by Gasteiger charge is 2.45. The summed E-state index contributed by atoms with van der Waals surface area (Å²) in [6, 6.07) is 0. The van der Waals surface area contributed by atoms with Gasteiger partial charge in [-0.25, -0.2) is 9.59 Å². The Morgan fingerprint density at radius 3 is 2.90 bits per heavy atom. The Kier molecular flexibility index (Phi) is 4.29. The minimum atomic E-state index is -1.02. The van der Waals surface area contributed by atoms with E-state index < -0.39 is 18.4 Å². The third-order valence-corrected chi connectivity index (χ3v) is 3.50. The minimum Gasteiger partial charge on any atom is -0.478 e. The van der Waals surface area contributed by atoms with Gasteiger partial charge in [0.05, 0.1) is 24.4 Å². The predicted octanol–water partition coefficient (Wildman–Crippen LogP) is 0.876. The van der Waals surface area contributed by atoms with Gasteiger partial charge in [-0.05, 0) is 12.0 Å². The third-order valence-electron chi connectivity index (χ3n) is 3.50. The lowest BCUT2D eigenvalue weighted by atomic mass is 9.83. The van der Waals surface area contributed by atoms with Crippen LogP contribution in [-0.2, 0) is 19.0 Å². The molecule has 1 aliphatic heterocycles. The number of rotatable bonds is 4. The van der Waals surface area contributed by atoms with Gasteiger partial charge in [0.1, 0.15) is 0 Å². The van der Waals surface area contributed by atoms with E-state index >= 15 is 0 Å². The van der Waals surface area contributed by atoms with Crippen molar-refractivity contribution in [3.05, 3.63) is 23.5 Å². The monoisotopic (exact) mass is 283 g/mol. The molecular formula is C13H17NO6. The number of hydrogen-bond donors (Lipinski definition) is 2. The summed E-state index contributed by atoms with van der Waals surface area (Å²) in [6.07, 6.45) is 2.19. The van der Waals surface area contributed by atoms with Crippen LogP contribution in [0.25, 0.3) is 0 Å². The van der Waals surface area contributed by atoms with Crippen LogP contribution in [0.4, 0.5) is 4.79 Å². The molecule has 7 heteroatoms. The van der Waals surface area contributed by atoms with Crippen molar-refractivity contribution in [2.75, 3.05) is 20.8 Å². The number of allylic oxidation sites excluding steroid dienone is 1. The van der Waals surface area contributed by atoms with Crippen molar-refractivity contribution in [2.45, 2.75) is 12.7 Å². The van der Waals surface area contributed by atoms with E-state index in [4.69, 9.17) is 14.2 Å². The molecule has 0 fully saturated rings.